The molecule has 0 spiro atoms. The van der Waals surface area contributed by atoms with Crippen LogP contribution in [-0.4, -0.2) is 46.0 Å². The van der Waals surface area contributed by atoms with Gasteiger partial charge in [0, 0.05) is 24.5 Å². The third-order valence-corrected chi connectivity index (χ3v) is 3.64. The van der Waals surface area contributed by atoms with E-state index in [1.807, 2.05) is 23.9 Å². The first kappa shape index (κ1) is 14.8. The highest BCUT2D eigenvalue weighted by molar-refractivity contribution is 7.98. The lowest BCUT2D eigenvalue weighted by molar-refractivity contribution is 0.269. The second-order valence-corrected chi connectivity index (χ2v) is 5.13. The van der Waals surface area contributed by atoms with Crippen molar-refractivity contribution in [2.24, 2.45) is 10.9 Å². The van der Waals surface area contributed by atoms with E-state index in [1.165, 1.54) is 0 Å². The third kappa shape index (κ3) is 3.89. The Morgan fingerprint density at radius 1 is 1.67 bits per heavy atom. The van der Waals surface area contributed by atoms with E-state index in [2.05, 4.69) is 35.3 Å². The van der Waals surface area contributed by atoms with Crippen molar-refractivity contribution in [2.75, 3.05) is 19.1 Å². The van der Waals surface area contributed by atoms with Crippen LogP contribution >= 0.6 is 11.8 Å². The van der Waals surface area contributed by atoms with Crippen LogP contribution in [0.15, 0.2) is 23.5 Å². The molecule has 1 aromatic rings. The molecule has 0 aromatic carbocycles. The van der Waals surface area contributed by atoms with Gasteiger partial charge in [-0.1, -0.05) is 11.2 Å². The van der Waals surface area contributed by atoms with Crippen molar-refractivity contribution in [3.8, 4) is 0 Å². The van der Waals surface area contributed by atoms with Crippen LogP contribution in [0, 0.1) is 0 Å². The number of nitrogens with zero attached hydrogens (tertiary/aromatic N) is 3. The van der Waals surface area contributed by atoms with Crippen LogP contribution in [0.25, 0.3) is 0 Å². The van der Waals surface area contributed by atoms with E-state index in [4.69, 9.17) is 10.9 Å². The highest BCUT2D eigenvalue weighted by atomic mass is 32.2. The maximum atomic E-state index is 8.75. The average molecular weight is 268 g/mol. The number of hydrogen-bond donors (Lipinski definition) is 2. The Bertz CT molecular complexity index is 411. The lowest BCUT2D eigenvalue weighted by Crippen LogP contribution is -2.31. The minimum atomic E-state index is 0.0523. The van der Waals surface area contributed by atoms with Gasteiger partial charge in [0.15, 0.2) is 5.84 Å². The summed E-state index contributed by atoms with van der Waals surface area (Å²) < 4.78 is 0. The third-order valence-electron chi connectivity index (χ3n) is 2.82. The normalized spacial score (nSPS) is 13.9. The summed E-state index contributed by atoms with van der Waals surface area (Å²) in [5, 5.41) is 11.8. The molecule has 100 valence electrons. The molecule has 1 rings (SSSR count). The molecule has 1 atom stereocenters. The summed E-state index contributed by atoms with van der Waals surface area (Å²) in [5.74, 6) is 1.12. The molecule has 0 saturated carbocycles. The Morgan fingerprint density at radius 3 is 3.00 bits per heavy atom. The van der Waals surface area contributed by atoms with Crippen LogP contribution in [0.5, 0.6) is 0 Å². The molecule has 0 aliphatic heterocycles. The van der Waals surface area contributed by atoms with Crippen molar-refractivity contribution in [1.29, 1.82) is 0 Å². The second-order valence-electron chi connectivity index (χ2n) is 4.22. The first-order valence-corrected chi connectivity index (χ1v) is 7.10. The summed E-state index contributed by atoms with van der Waals surface area (Å²) in [4.78, 5) is 6.38. The fourth-order valence-corrected chi connectivity index (χ4v) is 2.37. The maximum Gasteiger partial charge on any atom is 0.189 e. The zero-order valence-electron chi connectivity index (χ0n) is 11.0. The highest BCUT2D eigenvalue weighted by Crippen LogP contribution is 2.12. The predicted molar refractivity (Wildman–Crippen MR) is 76.1 cm³/mol. The van der Waals surface area contributed by atoms with Gasteiger partial charge in [0.1, 0.15) is 5.69 Å². The van der Waals surface area contributed by atoms with Gasteiger partial charge < -0.3 is 10.9 Å². The summed E-state index contributed by atoms with van der Waals surface area (Å²) in [6.07, 6.45) is 3.73. The number of aromatic nitrogens is 1. The largest absolute Gasteiger partial charge is 0.409 e. The fraction of sp³-hybridized carbons (Fsp3) is 0.500. The molecule has 18 heavy (non-hydrogen) atoms. The lowest BCUT2D eigenvalue weighted by Gasteiger charge is -2.24. The number of rotatable bonds is 6. The summed E-state index contributed by atoms with van der Waals surface area (Å²) in [6, 6.07) is 4.26. The zero-order valence-corrected chi connectivity index (χ0v) is 11.8. The zero-order chi connectivity index (χ0) is 13.5. The summed E-state index contributed by atoms with van der Waals surface area (Å²) in [6.45, 7) is 2.90. The number of nitrogens with two attached hydrogens (primary N) is 1. The van der Waals surface area contributed by atoms with Crippen molar-refractivity contribution in [2.45, 2.75) is 19.5 Å². The first-order valence-electron chi connectivity index (χ1n) is 5.71. The van der Waals surface area contributed by atoms with E-state index in [0.29, 0.717) is 11.7 Å². The van der Waals surface area contributed by atoms with E-state index in [1.54, 1.807) is 6.20 Å². The number of oxime groups is 1. The van der Waals surface area contributed by atoms with Crippen LogP contribution in [0.4, 0.5) is 0 Å². The van der Waals surface area contributed by atoms with Gasteiger partial charge in [0.2, 0.25) is 0 Å². The van der Waals surface area contributed by atoms with Gasteiger partial charge in [0.25, 0.3) is 0 Å². The number of amidine groups is 1. The van der Waals surface area contributed by atoms with E-state index in [0.717, 1.165) is 17.9 Å². The number of thioether (sulfide) groups is 1. The molecule has 0 aliphatic carbocycles. The number of pyridine rings is 1. The first-order chi connectivity index (χ1) is 8.60. The Kier molecular flexibility index (Phi) is 5.94. The fourth-order valence-electron chi connectivity index (χ4n) is 1.64. The molecule has 0 fully saturated rings. The molecule has 0 aliphatic rings. The minimum Gasteiger partial charge on any atom is -0.409 e. The Balaban J connectivity index is 2.84. The smallest absolute Gasteiger partial charge is 0.189 e. The van der Waals surface area contributed by atoms with Gasteiger partial charge >= 0.3 is 0 Å². The molecule has 0 bridgehead atoms. The summed E-state index contributed by atoms with van der Waals surface area (Å²) >= 11 is 1.82. The molecule has 5 nitrogen and oxygen atoms in total. The summed E-state index contributed by atoms with van der Waals surface area (Å²) in [7, 11) is 2.06. The van der Waals surface area contributed by atoms with Crippen LogP contribution in [0.2, 0.25) is 0 Å². The molecule has 3 N–H and O–H groups in total. The van der Waals surface area contributed by atoms with Crippen LogP contribution in [0.1, 0.15) is 18.2 Å². The quantitative estimate of drug-likeness (QED) is 0.353. The molecular weight excluding hydrogens is 248 g/mol. The maximum absolute atomic E-state index is 8.75. The van der Waals surface area contributed by atoms with E-state index in [-0.39, 0.29) is 5.84 Å². The van der Waals surface area contributed by atoms with E-state index >= 15 is 0 Å². The molecule has 0 saturated heterocycles. The predicted octanol–water partition coefficient (Wildman–Crippen LogP) is 1.36. The van der Waals surface area contributed by atoms with Gasteiger partial charge in [-0.3, -0.25) is 9.88 Å². The number of hydrogen-bond acceptors (Lipinski definition) is 5. The molecule has 0 radical (unpaired) electrons. The van der Waals surface area contributed by atoms with E-state index in [9.17, 15) is 0 Å². The van der Waals surface area contributed by atoms with Crippen molar-refractivity contribution in [1.82, 2.24) is 9.88 Å². The van der Waals surface area contributed by atoms with E-state index < -0.39 is 0 Å². The minimum absolute atomic E-state index is 0.0523. The van der Waals surface area contributed by atoms with Crippen molar-refractivity contribution in [3.05, 3.63) is 29.6 Å². The van der Waals surface area contributed by atoms with Crippen molar-refractivity contribution in [3.63, 3.8) is 0 Å². The SMILES string of the molecule is CSCC(C)N(C)Cc1cccnc1/C(N)=N/O. The Labute approximate surface area is 112 Å². The topological polar surface area (TPSA) is 74.7 Å². The molecule has 1 heterocycles. The summed E-state index contributed by atoms with van der Waals surface area (Å²) in [5.41, 5.74) is 7.13. The molecule has 1 aromatic heterocycles. The van der Waals surface area contributed by atoms with Gasteiger partial charge in [-0.15, -0.1) is 0 Å². The lowest BCUT2D eigenvalue weighted by atomic mass is 10.1. The van der Waals surface area contributed by atoms with Crippen molar-refractivity contribution >= 4 is 17.6 Å². The van der Waals surface area contributed by atoms with Crippen LogP contribution < -0.4 is 5.73 Å². The molecule has 1 unspecified atom stereocenters. The van der Waals surface area contributed by atoms with Gasteiger partial charge in [-0.05, 0) is 31.9 Å². The standard InChI is InChI=1S/C12H20N4OS/c1-9(8-18-3)16(2)7-10-5-4-6-14-11(10)12(13)15-17/h4-6,9,17H,7-8H2,1-3H3,(H2,13,15). The van der Waals surface area contributed by atoms with Gasteiger partial charge in [0.05, 0.1) is 0 Å². The van der Waals surface area contributed by atoms with Crippen LogP contribution in [-0.2, 0) is 6.54 Å². The second kappa shape index (κ2) is 7.23. The molecule has 6 heteroatoms. The van der Waals surface area contributed by atoms with Crippen LogP contribution in [0.3, 0.4) is 0 Å². The molecular formula is C12H20N4OS. The molecule has 0 amide bonds. The Morgan fingerprint density at radius 2 is 2.39 bits per heavy atom. The average Bonchev–Trinajstić information content (AvgIpc) is 2.38. The van der Waals surface area contributed by atoms with Crippen molar-refractivity contribution < 1.29 is 5.21 Å². The highest BCUT2D eigenvalue weighted by Gasteiger charge is 2.13. The monoisotopic (exact) mass is 268 g/mol. The Hall–Kier alpha value is -1.27. The van der Waals surface area contributed by atoms with Gasteiger partial charge in [-0.2, -0.15) is 11.8 Å². The van der Waals surface area contributed by atoms with Gasteiger partial charge in [-0.25, -0.2) is 0 Å².